The second kappa shape index (κ2) is 8.35. The SMILES string of the molecule is CCC(=O)Nc1ccc(S(=O)(=O)Nc2ccc3c(c2)C(=O)N(C)c2ccccc2O3)cc1. The molecular weight excluding hydrogens is 430 g/mol. The number of nitrogens with zero attached hydrogens (tertiary/aromatic N) is 1. The zero-order valence-corrected chi connectivity index (χ0v) is 18.3. The number of nitrogens with one attached hydrogen (secondary N) is 2. The van der Waals surface area contributed by atoms with Crippen LogP contribution < -0.4 is 19.7 Å². The van der Waals surface area contributed by atoms with Crippen molar-refractivity contribution in [2.24, 2.45) is 0 Å². The molecule has 0 saturated carbocycles. The molecule has 32 heavy (non-hydrogen) atoms. The minimum absolute atomic E-state index is 0.0223. The Morgan fingerprint density at radius 3 is 2.38 bits per heavy atom. The molecule has 4 rings (SSSR count). The third-order valence-electron chi connectivity index (χ3n) is 4.98. The molecule has 3 aromatic rings. The van der Waals surface area contributed by atoms with E-state index in [1.807, 2.05) is 6.07 Å². The van der Waals surface area contributed by atoms with Crippen LogP contribution in [0.1, 0.15) is 23.7 Å². The third-order valence-corrected chi connectivity index (χ3v) is 6.38. The molecule has 0 unspecified atom stereocenters. The summed E-state index contributed by atoms with van der Waals surface area (Å²) in [6.07, 6.45) is 0.322. The van der Waals surface area contributed by atoms with E-state index in [-0.39, 0.29) is 28.0 Å². The van der Waals surface area contributed by atoms with Gasteiger partial charge in [-0.25, -0.2) is 8.42 Å². The van der Waals surface area contributed by atoms with E-state index in [4.69, 9.17) is 4.74 Å². The fourth-order valence-electron chi connectivity index (χ4n) is 3.26. The zero-order valence-electron chi connectivity index (χ0n) is 17.5. The number of hydrogen-bond donors (Lipinski definition) is 2. The molecule has 0 fully saturated rings. The monoisotopic (exact) mass is 451 g/mol. The van der Waals surface area contributed by atoms with Gasteiger partial charge in [0.05, 0.1) is 16.1 Å². The lowest BCUT2D eigenvalue weighted by Crippen LogP contribution is -2.25. The predicted molar refractivity (Wildman–Crippen MR) is 122 cm³/mol. The molecule has 9 heteroatoms. The van der Waals surface area contributed by atoms with E-state index in [1.165, 1.54) is 41.3 Å². The van der Waals surface area contributed by atoms with Gasteiger partial charge in [0.1, 0.15) is 5.75 Å². The average Bonchev–Trinajstić information content (AvgIpc) is 2.89. The summed E-state index contributed by atoms with van der Waals surface area (Å²) < 4.78 is 34.0. The standard InChI is InChI=1S/C23H21N3O5S/c1-3-22(27)24-15-8-11-17(12-9-15)32(29,30)25-16-10-13-20-18(14-16)23(28)26(2)19-6-4-5-7-21(19)31-20/h4-14,25H,3H2,1-2H3,(H,24,27). The second-order valence-corrected chi connectivity index (χ2v) is 8.86. The molecule has 8 nitrogen and oxygen atoms in total. The molecule has 1 aliphatic heterocycles. The van der Waals surface area contributed by atoms with Gasteiger partial charge in [-0.1, -0.05) is 19.1 Å². The molecule has 2 N–H and O–H groups in total. The summed E-state index contributed by atoms with van der Waals surface area (Å²) >= 11 is 0. The molecular formula is C23H21N3O5S. The van der Waals surface area contributed by atoms with Crippen LogP contribution in [0.25, 0.3) is 0 Å². The van der Waals surface area contributed by atoms with Crippen molar-refractivity contribution in [2.45, 2.75) is 18.2 Å². The molecule has 0 saturated heterocycles. The third kappa shape index (κ3) is 4.15. The van der Waals surface area contributed by atoms with Crippen molar-refractivity contribution in [3.8, 4) is 11.5 Å². The Bertz CT molecular complexity index is 1300. The van der Waals surface area contributed by atoms with Gasteiger partial charge in [0.2, 0.25) is 5.91 Å². The van der Waals surface area contributed by atoms with Crippen molar-refractivity contribution >= 4 is 38.9 Å². The number of para-hydroxylation sites is 2. The number of sulfonamides is 1. The molecule has 0 bridgehead atoms. The smallest absolute Gasteiger partial charge is 0.261 e. The van der Waals surface area contributed by atoms with Gasteiger partial charge in [0.15, 0.2) is 5.75 Å². The van der Waals surface area contributed by atoms with E-state index < -0.39 is 10.0 Å². The van der Waals surface area contributed by atoms with Crippen LogP contribution in [0.4, 0.5) is 17.1 Å². The molecule has 164 valence electrons. The Morgan fingerprint density at radius 1 is 0.969 bits per heavy atom. The fourth-order valence-corrected chi connectivity index (χ4v) is 4.31. The van der Waals surface area contributed by atoms with E-state index in [0.717, 1.165) is 0 Å². The van der Waals surface area contributed by atoms with Crippen molar-refractivity contribution in [2.75, 3.05) is 22.0 Å². The number of carbonyl (C=O) groups is 2. The normalized spacial score (nSPS) is 12.8. The van der Waals surface area contributed by atoms with Gasteiger partial charge in [-0.3, -0.25) is 14.3 Å². The van der Waals surface area contributed by atoms with Crippen molar-refractivity contribution in [3.05, 3.63) is 72.3 Å². The number of ether oxygens (including phenoxy) is 1. The number of rotatable bonds is 5. The minimum atomic E-state index is -3.91. The average molecular weight is 452 g/mol. The van der Waals surface area contributed by atoms with Crippen molar-refractivity contribution < 1.29 is 22.7 Å². The number of fused-ring (bicyclic) bond motifs is 2. The Morgan fingerprint density at radius 2 is 1.66 bits per heavy atom. The predicted octanol–water partition coefficient (Wildman–Crippen LogP) is 4.22. The van der Waals surface area contributed by atoms with Crippen LogP contribution in [0.5, 0.6) is 11.5 Å². The number of hydrogen-bond acceptors (Lipinski definition) is 5. The number of amides is 2. The Balaban J connectivity index is 1.60. The highest BCUT2D eigenvalue weighted by Gasteiger charge is 2.26. The van der Waals surface area contributed by atoms with Crippen LogP contribution in [0.2, 0.25) is 0 Å². The maximum Gasteiger partial charge on any atom is 0.261 e. The molecule has 0 aliphatic carbocycles. The first-order chi connectivity index (χ1) is 15.3. The van der Waals surface area contributed by atoms with Gasteiger partial charge in [0, 0.05) is 24.8 Å². The van der Waals surface area contributed by atoms with Crippen molar-refractivity contribution in [1.82, 2.24) is 0 Å². The zero-order chi connectivity index (χ0) is 22.9. The van der Waals surface area contributed by atoms with Gasteiger partial charge >= 0.3 is 0 Å². The van der Waals surface area contributed by atoms with Crippen molar-refractivity contribution in [3.63, 3.8) is 0 Å². The van der Waals surface area contributed by atoms with E-state index in [2.05, 4.69) is 10.0 Å². The Hall–Kier alpha value is -3.85. The highest BCUT2D eigenvalue weighted by atomic mass is 32.2. The molecule has 2 amide bonds. The van der Waals surface area contributed by atoms with Crippen LogP contribution in [-0.2, 0) is 14.8 Å². The maximum absolute atomic E-state index is 13.0. The summed E-state index contributed by atoms with van der Waals surface area (Å²) in [4.78, 5) is 25.9. The summed E-state index contributed by atoms with van der Waals surface area (Å²) in [5.41, 5.74) is 1.59. The van der Waals surface area contributed by atoms with E-state index >= 15 is 0 Å². The largest absolute Gasteiger partial charge is 0.454 e. The summed E-state index contributed by atoms with van der Waals surface area (Å²) in [5, 5.41) is 2.67. The molecule has 1 heterocycles. The second-order valence-electron chi connectivity index (χ2n) is 7.18. The van der Waals surface area contributed by atoms with Crippen LogP contribution in [-0.4, -0.2) is 27.3 Å². The lowest BCUT2D eigenvalue weighted by Gasteiger charge is -2.16. The first-order valence-electron chi connectivity index (χ1n) is 9.90. The van der Waals surface area contributed by atoms with Crippen LogP contribution in [0.15, 0.2) is 71.6 Å². The van der Waals surface area contributed by atoms with Gasteiger partial charge in [-0.15, -0.1) is 0 Å². The molecule has 0 atom stereocenters. The number of carbonyl (C=O) groups excluding carboxylic acids is 2. The Labute approximate surface area is 185 Å². The van der Waals surface area contributed by atoms with Gasteiger partial charge in [0.25, 0.3) is 15.9 Å². The minimum Gasteiger partial charge on any atom is -0.454 e. The van der Waals surface area contributed by atoms with Gasteiger partial charge in [-0.05, 0) is 54.6 Å². The fraction of sp³-hybridized carbons (Fsp3) is 0.130. The number of anilines is 3. The molecule has 3 aromatic carbocycles. The molecule has 1 aliphatic rings. The number of benzene rings is 3. The highest BCUT2D eigenvalue weighted by Crippen LogP contribution is 2.39. The first-order valence-corrected chi connectivity index (χ1v) is 11.4. The topological polar surface area (TPSA) is 105 Å². The molecule has 0 aromatic heterocycles. The van der Waals surface area contributed by atoms with Crippen LogP contribution >= 0.6 is 0 Å². The molecule has 0 radical (unpaired) electrons. The van der Waals surface area contributed by atoms with E-state index in [0.29, 0.717) is 29.3 Å². The summed E-state index contributed by atoms with van der Waals surface area (Å²) in [6, 6.07) is 17.5. The van der Waals surface area contributed by atoms with Gasteiger partial charge in [-0.2, -0.15) is 0 Å². The lowest BCUT2D eigenvalue weighted by atomic mass is 10.1. The van der Waals surface area contributed by atoms with Gasteiger partial charge < -0.3 is 15.0 Å². The summed E-state index contributed by atoms with van der Waals surface area (Å²) in [5.74, 6) is 0.390. The lowest BCUT2D eigenvalue weighted by molar-refractivity contribution is -0.115. The van der Waals surface area contributed by atoms with E-state index in [9.17, 15) is 18.0 Å². The van der Waals surface area contributed by atoms with Crippen LogP contribution in [0.3, 0.4) is 0 Å². The highest BCUT2D eigenvalue weighted by molar-refractivity contribution is 7.92. The van der Waals surface area contributed by atoms with Crippen molar-refractivity contribution in [1.29, 1.82) is 0 Å². The summed E-state index contributed by atoms with van der Waals surface area (Å²) in [6.45, 7) is 1.73. The first kappa shape index (κ1) is 21.4. The van der Waals surface area contributed by atoms with Crippen LogP contribution in [0, 0.1) is 0 Å². The summed E-state index contributed by atoms with van der Waals surface area (Å²) in [7, 11) is -2.28. The maximum atomic E-state index is 13.0. The quantitative estimate of drug-likeness (QED) is 0.604. The Kier molecular flexibility index (Phi) is 5.58. The van der Waals surface area contributed by atoms with E-state index in [1.54, 1.807) is 38.2 Å². The molecule has 0 spiro atoms.